The fourth-order valence-electron chi connectivity index (χ4n) is 4.48. The second-order valence-electron chi connectivity index (χ2n) is 8.45. The first-order chi connectivity index (χ1) is 14.3. The van der Waals surface area contributed by atoms with Crippen molar-refractivity contribution in [3.8, 4) is 0 Å². The Morgan fingerprint density at radius 1 is 1.40 bits per heavy atom. The van der Waals surface area contributed by atoms with E-state index in [2.05, 4.69) is 15.7 Å². The topological polar surface area (TPSA) is 82.5 Å². The SMILES string of the molecule is CC1Cn2ncc(N3CC4(CNC4)CC3=O)c2CN1C(=O)Nc1ccc(F)c(Cl)c1. The van der Waals surface area contributed by atoms with E-state index in [-0.39, 0.29) is 28.4 Å². The van der Waals surface area contributed by atoms with Crippen molar-refractivity contribution in [2.24, 2.45) is 5.41 Å². The van der Waals surface area contributed by atoms with Crippen molar-refractivity contribution in [2.45, 2.75) is 32.5 Å². The summed E-state index contributed by atoms with van der Waals surface area (Å²) < 4.78 is 15.3. The van der Waals surface area contributed by atoms with Gasteiger partial charge in [0.15, 0.2) is 0 Å². The van der Waals surface area contributed by atoms with Gasteiger partial charge >= 0.3 is 6.03 Å². The quantitative estimate of drug-likeness (QED) is 0.763. The monoisotopic (exact) mass is 432 g/mol. The summed E-state index contributed by atoms with van der Waals surface area (Å²) in [5.74, 6) is -0.438. The number of rotatable bonds is 2. The number of hydrogen-bond acceptors (Lipinski definition) is 4. The molecule has 3 aliphatic rings. The van der Waals surface area contributed by atoms with Crippen LogP contribution >= 0.6 is 11.6 Å². The van der Waals surface area contributed by atoms with Gasteiger partial charge in [-0.15, -0.1) is 0 Å². The Morgan fingerprint density at radius 2 is 2.20 bits per heavy atom. The van der Waals surface area contributed by atoms with Gasteiger partial charge < -0.3 is 20.4 Å². The normalized spacial score (nSPS) is 22.2. The third kappa shape index (κ3) is 3.13. The largest absolute Gasteiger partial charge is 0.322 e. The van der Waals surface area contributed by atoms with E-state index in [0.717, 1.165) is 24.5 Å². The highest BCUT2D eigenvalue weighted by Crippen LogP contribution is 2.39. The number of hydrogen-bond donors (Lipinski definition) is 2. The number of urea groups is 1. The molecule has 3 amide bonds. The molecule has 5 rings (SSSR count). The number of amides is 3. The van der Waals surface area contributed by atoms with Gasteiger partial charge in [-0.25, -0.2) is 9.18 Å². The van der Waals surface area contributed by atoms with Crippen LogP contribution in [-0.4, -0.2) is 52.3 Å². The van der Waals surface area contributed by atoms with Gasteiger partial charge in [0.2, 0.25) is 5.91 Å². The molecule has 1 unspecified atom stereocenters. The van der Waals surface area contributed by atoms with Crippen LogP contribution in [0.5, 0.6) is 0 Å². The Hall–Kier alpha value is -2.65. The molecule has 3 aliphatic heterocycles. The van der Waals surface area contributed by atoms with E-state index in [9.17, 15) is 14.0 Å². The van der Waals surface area contributed by atoms with E-state index in [0.29, 0.717) is 31.7 Å². The van der Waals surface area contributed by atoms with E-state index in [4.69, 9.17) is 11.6 Å². The van der Waals surface area contributed by atoms with E-state index < -0.39 is 5.82 Å². The number of halogens is 2. The third-order valence-electron chi connectivity index (χ3n) is 6.26. The minimum Gasteiger partial charge on any atom is -0.315 e. The molecule has 4 heterocycles. The fourth-order valence-corrected chi connectivity index (χ4v) is 4.66. The van der Waals surface area contributed by atoms with Crippen LogP contribution in [0, 0.1) is 11.2 Å². The lowest BCUT2D eigenvalue weighted by molar-refractivity contribution is -0.118. The maximum Gasteiger partial charge on any atom is 0.322 e. The zero-order valence-corrected chi connectivity index (χ0v) is 17.2. The van der Waals surface area contributed by atoms with Crippen LogP contribution in [0.15, 0.2) is 24.4 Å². The second kappa shape index (κ2) is 6.95. The van der Waals surface area contributed by atoms with Gasteiger partial charge in [0.05, 0.1) is 41.7 Å². The smallest absolute Gasteiger partial charge is 0.315 e. The Kier molecular flexibility index (Phi) is 4.48. The molecule has 1 aromatic heterocycles. The highest BCUT2D eigenvalue weighted by Gasteiger charge is 2.48. The Morgan fingerprint density at radius 3 is 2.87 bits per heavy atom. The van der Waals surface area contributed by atoms with E-state index in [1.165, 1.54) is 18.2 Å². The van der Waals surface area contributed by atoms with E-state index >= 15 is 0 Å². The molecule has 8 nitrogen and oxygen atoms in total. The number of carbonyl (C=O) groups is 2. The van der Waals surface area contributed by atoms with Gasteiger partial charge in [-0.05, 0) is 25.1 Å². The van der Waals surface area contributed by atoms with Crippen molar-refractivity contribution in [3.63, 3.8) is 0 Å². The van der Waals surface area contributed by atoms with Crippen LogP contribution < -0.4 is 15.5 Å². The zero-order valence-electron chi connectivity index (χ0n) is 16.5. The standard InChI is InChI=1S/C20H22ClFN6O2/c1-12-7-28-17(8-26(12)19(30)25-13-2-3-15(22)14(21)4-13)16(6-24-28)27-11-20(5-18(27)29)9-23-10-20/h2-4,6,12,23H,5,7-11H2,1H3,(H,25,30). The van der Waals surface area contributed by atoms with Crippen LogP contribution in [0.1, 0.15) is 19.0 Å². The molecule has 0 bridgehead atoms. The number of nitrogens with one attached hydrogen (secondary N) is 2. The van der Waals surface area contributed by atoms with Crippen LogP contribution in [0.3, 0.4) is 0 Å². The summed E-state index contributed by atoms with van der Waals surface area (Å²) in [5.41, 5.74) is 2.07. The molecule has 2 N–H and O–H groups in total. The van der Waals surface area contributed by atoms with Gasteiger partial charge in [-0.1, -0.05) is 11.6 Å². The molecule has 1 spiro atoms. The number of fused-ring (bicyclic) bond motifs is 1. The average Bonchev–Trinajstić information content (AvgIpc) is 3.24. The molecule has 2 saturated heterocycles. The summed E-state index contributed by atoms with van der Waals surface area (Å²) in [4.78, 5) is 29.1. The lowest BCUT2D eigenvalue weighted by Gasteiger charge is -2.38. The summed E-state index contributed by atoms with van der Waals surface area (Å²) in [6, 6.07) is 3.66. The summed E-state index contributed by atoms with van der Waals surface area (Å²) in [6.45, 7) is 5.17. The predicted octanol–water partition coefficient (Wildman–Crippen LogP) is 2.44. The average molecular weight is 433 g/mol. The molecule has 30 heavy (non-hydrogen) atoms. The van der Waals surface area contributed by atoms with Crippen molar-refractivity contribution in [1.82, 2.24) is 20.0 Å². The maximum absolute atomic E-state index is 13.4. The molecule has 10 heteroatoms. The Balaban J connectivity index is 1.36. The lowest BCUT2D eigenvalue weighted by Crippen LogP contribution is -2.54. The summed E-state index contributed by atoms with van der Waals surface area (Å²) in [7, 11) is 0. The molecule has 0 saturated carbocycles. The van der Waals surface area contributed by atoms with Crippen LogP contribution in [0.4, 0.5) is 20.6 Å². The molecule has 0 radical (unpaired) electrons. The lowest BCUT2D eigenvalue weighted by atomic mass is 9.81. The second-order valence-corrected chi connectivity index (χ2v) is 8.86. The molecule has 2 aromatic rings. The summed E-state index contributed by atoms with van der Waals surface area (Å²) in [5, 5.41) is 10.5. The molecule has 0 aliphatic carbocycles. The molecular weight excluding hydrogens is 411 g/mol. The zero-order chi connectivity index (χ0) is 21.0. The number of aromatic nitrogens is 2. The van der Waals surface area contributed by atoms with E-state index in [1.54, 1.807) is 11.1 Å². The molecule has 1 aromatic carbocycles. The van der Waals surface area contributed by atoms with Gasteiger partial charge in [0, 0.05) is 37.2 Å². The van der Waals surface area contributed by atoms with E-state index in [1.807, 2.05) is 16.5 Å². The number of benzene rings is 1. The first kappa shape index (κ1) is 19.3. The fraction of sp³-hybridized carbons (Fsp3) is 0.450. The number of carbonyl (C=O) groups excluding carboxylic acids is 2. The predicted molar refractivity (Wildman–Crippen MR) is 110 cm³/mol. The number of anilines is 2. The first-order valence-electron chi connectivity index (χ1n) is 9.94. The van der Waals surface area contributed by atoms with Gasteiger partial charge in [-0.2, -0.15) is 5.10 Å². The number of nitrogens with zero attached hydrogens (tertiary/aromatic N) is 4. The highest BCUT2D eigenvalue weighted by atomic mass is 35.5. The summed E-state index contributed by atoms with van der Waals surface area (Å²) in [6.07, 6.45) is 2.27. The van der Waals surface area contributed by atoms with Crippen molar-refractivity contribution >= 4 is 34.9 Å². The first-order valence-corrected chi connectivity index (χ1v) is 10.3. The van der Waals surface area contributed by atoms with Crippen LogP contribution in [0.25, 0.3) is 0 Å². The minimum atomic E-state index is -0.538. The Labute approximate surface area is 178 Å². The van der Waals surface area contributed by atoms with Crippen LogP contribution in [0.2, 0.25) is 5.02 Å². The molecular formula is C20H22ClFN6O2. The van der Waals surface area contributed by atoms with Crippen molar-refractivity contribution in [3.05, 3.63) is 40.9 Å². The van der Waals surface area contributed by atoms with Crippen molar-refractivity contribution in [1.29, 1.82) is 0 Å². The third-order valence-corrected chi connectivity index (χ3v) is 6.55. The van der Waals surface area contributed by atoms with Gasteiger partial charge in [0.1, 0.15) is 5.82 Å². The van der Waals surface area contributed by atoms with Gasteiger partial charge in [0.25, 0.3) is 0 Å². The molecule has 1 atom stereocenters. The van der Waals surface area contributed by atoms with Crippen molar-refractivity contribution in [2.75, 3.05) is 29.9 Å². The van der Waals surface area contributed by atoms with Crippen LogP contribution in [-0.2, 0) is 17.9 Å². The molecule has 2 fully saturated rings. The summed E-state index contributed by atoms with van der Waals surface area (Å²) >= 11 is 5.82. The Bertz CT molecular complexity index is 1040. The van der Waals surface area contributed by atoms with Gasteiger partial charge in [-0.3, -0.25) is 9.48 Å². The molecule has 158 valence electrons. The van der Waals surface area contributed by atoms with Crippen molar-refractivity contribution < 1.29 is 14.0 Å². The maximum atomic E-state index is 13.4. The minimum absolute atomic E-state index is 0.0206. The highest BCUT2D eigenvalue weighted by molar-refractivity contribution is 6.31.